The number of nitrogens with one attached hydrogen (secondary N) is 2. The van der Waals surface area contributed by atoms with Crippen LogP contribution in [0.15, 0.2) is 24.3 Å². The van der Waals surface area contributed by atoms with Gasteiger partial charge in [0.1, 0.15) is 0 Å². The summed E-state index contributed by atoms with van der Waals surface area (Å²) in [5.41, 5.74) is 2.73. The predicted octanol–water partition coefficient (Wildman–Crippen LogP) is 3.58. The minimum atomic E-state index is 0.535. The molecule has 2 rings (SSSR count). The van der Waals surface area contributed by atoms with E-state index in [2.05, 4.69) is 48.7 Å². The van der Waals surface area contributed by atoms with Gasteiger partial charge in [0.25, 0.3) is 0 Å². The Hall–Kier alpha value is -1.02. The fourth-order valence-corrected chi connectivity index (χ4v) is 2.85. The van der Waals surface area contributed by atoms with Crippen LogP contribution in [0.5, 0.6) is 0 Å². The van der Waals surface area contributed by atoms with E-state index >= 15 is 0 Å². The number of anilines is 1. The Morgan fingerprint density at radius 3 is 2.89 bits per heavy atom. The van der Waals surface area contributed by atoms with Crippen molar-refractivity contribution in [2.75, 3.05) is 11.9 Å². The zero-order valence-electron chi connectivity index (χ0n) is 11.7. The molecular weight excluding hydrogens is 220 g/mol. The first-order valence-corrected chi connectivity index (χ1v) is 7.37. The smallest absolute Gasteiger partial charge is 0.0374 e. The number of para-hydroxylation sites is 1. The van der Waals surface area contributed by atoms with Crippen molar-refractivity contribution in [1.82, 2.24) is 5.32 Å². The van der Waals surface area contributed by atoms with E-state index in [1.165, 1.54) is 43.5 Å². The number of aryl methyl sites for hydroxylation is 1. The number of hydrogen-bond acceptors (Lipinski definition) is 2. The standard InChI is InChI=1S/C16H26N2/c1-3-14-8-4-5-10-16(14)18-13(2)12-15-9-6-7-11-17-15/h4-5,8,10,13,15,17-18H,3,6-7,9,11-12H2,1-2H3. The molecule has 0 aromatic heterocycles. The van der Waals surface area contributed by atoms with Crippen LogP contribution in [0.2, 0.25) is 0 Å². The molecule has 0 spiro atoms. The number of hydrogen-bond donors (Lipinski definition) is 2. The normalized spacial score (nSPS) is 21.6. The maximum absolute atomic E-state index is 3.67. The van der Waals surface area contributed by atoms with Gasteiger partial charge in [-0.05, 0) is 50.8 Å². The van der Waals surface area contributed by atoms with Gasteiger partial charge in [0.05, 0.1) is 0 Å². The Labute approximate surface area is 111 Å². The van der Waals surface area contributed by atoms with Crippen LogP contribution in [-0.4, -0.2) is 18.6 Å². The van der Waals surface area contributed by atoms with Gasteiger partial charge in [-0.3, -0.25) is 0 Å². The Morgan fingerprint density at radius 2 is 2.17 bits per heavy atom. The molecule has 2 N–H and O–H groups in total. The third-order valence-corrected chi connectivity index (χ3v) is 3.85. The van der Waals surface area contributed by atoms with Crippen molar-refractivity contribution in [3.63, 3.8) is 0 Å². The second-order valence-corrected chi connectivity index (χ2v) is 5.44. The predicted molar refractivity (Wildman–Crippen MR) is 79.2 cm³/mol. The monoisotopic (exact) mass is 246 g/mol. The zero-order chi connectivity index (χ0) is 12.8. The van der Waals surface area contributed by atoms with Gasteiger partial charge in [-0.15, -0.1) is 0 Å². The SMILES string of the molecule is CCc1ccccc1NC(C)CC1CCCCN1. The highest BCUT2D eigenvalue weighted by Gasteiger charge is 2.15. The molecule has 0 amide bonds. The molecule has 2 nitrogen and oxygen atoms in total. The van der Waals surface area contributed by atoms with Crippen LogP contribution < -0.4 is 10.6 Å². The summed E-state index contributed by atoms with van der Waals surface area (Å²) in [7, 11) is 0. The van der Waals surface area contributed by atoms with Crippen LogP contribution in [0, 0.1) is 0 Å². The van der Waals surface area contributed by atoms with Crippen LogP contribution in [0.1, 0.15) is 45.1 Å². The largest absolute Gasteiger partial charge is 0.382 e. The quantitative estimate of drug-likeness (QED) is 0.830. The number of rotatable bonds is 5. The average molecular weight is 246 g/mol. The van der Waals surface area contributed by atoms with Crippen LogP contribution >= 0.6 is 0 Å². The van der Waals surface area contributed by atoms with Crippen molar-refractivity contribution in [2.24, 2.45) is 0 Å². The first kappa shape index (κ1) is 13.4. The van der Waals surface area contributed by atoms with Crippen molar-refractivity contribution in [2.45, 2.75) is 58.0 Å². The van der Waals surface area contributed by atoms with Crippen molar-refractivity contribution < 1.29 is 0 Å². The summed E-state index contributed by atoms with van der Waals surface area (Å²) < 4.78 is 0. The highest BCUT2D eigenvalue weighted by Crippen LogP contribution is 2.19. The molecule has 1 saturated heterocycles. The Morgan fingerprint density at radius 1 is 1.33 bits per heavy atom. The molecule has 0 aliphatic carbocycles. The summed E-state index contributed by atoms with van der Waals surface area (Å²) in [5.74, 6) is 0. The molecule has 2 unspecified atom stereocenters. The molecule has 0 radical (unpaired) electrons. The van der Waals surface area contributed by atoms with Crippen LogP contribution in [0.4, 0.5) is 5.69 Å². The maximum atomic E-state index is 3.67. The Balaban J connectivity index is 1.87. The fourth-order valence-electron chi connectivity index (χ4n) is 2.85. The molecule has 1 aliphatic heterocycles. The van der Waals surface area contributed by atoms with Gasteiger partial charge in [0.2, 0.25) is 0 Å². The molecule has 1 aromatic rings. The van der Waals surface area contributed by atoms with E-state index in [1.807, 2.05) is 0 Å². The molecule has 18 heavy (non-hydrogen) atoms. The lowest BCUT2D eigenvalue weighted by molar-refractivity contribution is 0.371. The van der Waals surface area contributed by atoms with Crippen molar-refractivity contribution in [1.29, 1.82) is 0 Å². The molecule has 2 atom stereocenters. The third-order valence-electron chi connectivity index (χ3n) is 3.85. The van der Waals surface area contributed by atoms with Crippen molar-refractivity contribution >= 4 is 5.69 Å². The van der Waals surface area contributed by atoms with Gasteiger partial charge >= 0.3 is 0 Å². The lowest BCUT2D eigenvalue weighted by atomic mass is 9.98. The van der Waals surface area contributed by atoms with Crippen molar-refractivity contribution in [3.8, 4) is 0 Å². The van der Waals surface area contributed by atoms with E-state index in [4.69, 9.17) is 0 Å². The van der Waals surface area contributed by atoms with Gasteiger partial charge < -0.3 is 10.6 Å². The van der Waals surface area contributed by atoms with Gasteiger partial charge in [0.15, 0.2) is 0 Å². The molecule has 1 heterocycles. The molecule has 100 valence electrons. The lowest BCUT2D eigenvalue weighted by Crippen LogP contribution is -2.37. The average Bonchev–Trinajstić information content (AvgIpc) is 2.40. The molecular formula is C16H26N2. The summed E-state index contributed by atoms with van der Waals surface area (Å²) in [6.07, 6.45) is 6.38. The van der Waals surface area contributed by atoms with E-state index in [0.717, 1.165) is 6.42 Å². The third kappa shape index (κ3) is 3.74. The van der Waals surface area contributed by atoms with Gasteiger partial charge in [-0.1, -0.05) is 31.5 Å². The van der Waals surface area contributed by atoms with Gasteiger partial charge in [-0.25, -0.2) is 0 Å². The zero-order valence-corrected chi connectivity index (χ0v) is 11.7. The first-order chi connectivity index (χ1) is 8.79. The number of piperidine rings is 1. The molecule has 0 saturated carbocycles. The number of benzene rings is 1. The van der Waals surface area contributed by atoms with E-state index in [1.54, 1.807) is 0 Å². The second-order valence-electron chi connectivity index (χ2n) is 5.44. The molecule has 2 heteroatoms. The summed E-state index contributed by atoms with van der Waals surface area (Å²) in [6.45, 7) is 5.71. The van der Waals surface area contributed by atoms with E-state index < -0.39 is 0 Å². The highest BCUT2D eigenvalue weighted by molar-refractivity contribution is 5.51. The van der Waals surface area contributed by atoms with Crippen LogP contribution in [0.25, 0.3) is 0 Å². The van der Waals surface area contributed by atoms with Crippen LogP contribution in [-0.2, 0) is 6.42 Å². The topological polar surface area (TPSA) is 24.1 Å². The summed E-state index contributed by atoms with van der Waals surface area (Å²) in [6, 6.07) is 9.89. The Bertz CT molecular complexity index is 356. The van der Waals surface area contributed by atoms with E-state index in [0.29, 0.717) is 12.1 Å². The van der Waals surface area contributed by atoms with Crippen LogP contribution in [0.3, 0.4) is 0 Å². The molecule has 1 aromatic carbocycles. The summed E-state index contributed by atoms with van der Waals surface area (Å²) in [4.78, 5) is 0. The second kappa shape index (κ2) is 6.79. The molecule has 1 aliphatic rings. The summed E-state index contributed by atoms with van der Waals surface area (Å²) in [5, 5.41) is 7.29. The maximum Gasteiger partial charge on any atom is 0.0374 e. The van der Waals surface area contributed by atoms with Gasteiger partial charge in [-0.2, -0.15) is 0 Å². The highest BCUT2D eigenvalue weighted by atomic mass is 15.0. The van der Waals surface area contributed by atoms with Crippen molar-refractivity contribution in [3.05, 3.63) is 29.8 Å². The molecule has 1 fully saturated rings. The van der Waals surface area contributed by atoms with E-state index in [-0.39, 0.29) is 0 Å². The van der Waals surface area contributed by atoms with E-state index in [9.17, 15) is 0 Å². The summed E-state index contributed by atoms with van der Waals surface area (Å²) >= 11 is 0. The Kier molecular flexibility index (Phi) is 5.06. The molecule has 0 bridgehead atoms. The first-order valence-electron chi connectivity index (χ1n) is 7.37. The fraction of sp³-hybridized carbons (Fsp3) is 0.625. The minimum absolute atomic E-state index is 0.535. The minimum Gasteiger partial charge on any atom is -0.382 e. The lowest BCUT2D eigenvalue weighted by Gasteiger charge is -2.27. The van der Waals surface area contributed by atoms with Gasteiger partial charge in [0, 0.05) is 17.8 Å².